The summed E-state index contributed by atoms with van der Waals surface area (Å²) in [5, 5.41) is 16.1. The number of nitrogens with zero attached hydrogens (tertiary/aromatic N) is 3. The van der Waals surface area contributed by atoms with E-state index in [1.165, 1.54) is 4.68 Å². The molecule has 0 aliphatic heterocycles. The lowest BCUT2D eigenvalue weighted by Crippen LogP contribution is -2.09. The first kappa shape index (κ1) is 8.89. The largest absolute Gasteiger partial charge is 0.480 e. The van der Waals surface area contributed by atoms with Crippen molar-refractivity contribution in [2.75, 3.05) is 0 Å². The Kier molecular flexibility index (Phi) is 2.05. The Labute approximate surface area is 84.7 Å². The first-order chi connectivity index (χ1) is 6.66. The van der Waals surface area contributed by atoms with Gasteiger partial charge in [0.1, 0.15) is 12.1 Å². The highest BCUT2D eigenvalue weighted by Crippen LogP contribution is 2.15. The Morgan fingerprint density at radius 1 is 1.57 bits per heavy atom. The van der Waals surface area contributed by atoms with E-state index in [-0.39, 0.29) is 6.54 Å². The summed E-state index contributed by atoms with van der Waals surface area (Å²) >= 11 is 4.94. The van der Waals surface area contributed by atoms with Crippen LogP contribution in [-0.4, -0.2) is 26.1 Å². The Hall–Kier alpha value is -1.69. The number of rotatable bonds is 2. The van der Waals surface area contributed by atoms with E-state index >= 15 is 0 Å². The molecule has 1 aromatic carbocycles. The van der Waals surface area contributed by atoms with Crippen molar-refractivity contribution >= 4 is 29.6 Å². The SMILES string of the molecule is O=C(O)Cn1nnc2cc([S])ccc21. The van der Waals surface area contributed by atoms with Crippen LogP contribution in [0.2, 0.25) is 0 Å². The molecule has 0 saturated heterocycles. The quantitative estimate of drug-likeness (QED) is 0.801. The van der Waals surface area contributed by atoms with Crippen LogP contribution in [0.3, 0.4) is 0 Å². The predicted octanol–water partition coefficient (Wildman–Crippen LogP) is 1.07. The maximum Gasteiger partial charge on any atom is 0.325 e. The average molecular weight is 208 g/mol. The van der Waals surface area contributed by atoms with Crippen LogP contribution in [0.15, 0.2) is 23.1 Å². The third-order valence-corrected chi connectivity index (χ3v) is 2.02. The standard InChI is InChI=1S/C8H6N3O2S/c12-8(13)4-11-7-2-1-5(14)3-6(7)9-10-11/h1-3H,4H2,(H,12,13). The summed E-state index contributed by atoms with van der Waals surface area (Å²) < 4.78 is 1.33. The fourth-order valence-electron chi connectivity index (χ4n) is 1.20. The van der Waals surface area contributed by atoms with E-state index in [0.717, 1.165) is 0 Å². The van der Waals surface area contributed by atoms with Crippen molar-refractivity contribution < 1.29 is 9.90 Å². The van der Waals surface area contributed by atoms with Crippen LogP contribution >= 0.6 is 12.6 Å². The summed E-state index contributed by atoms with van der Waals surface area (Å²) in [5.74, 6) is -0.945. The number of carbonyl (C=O) groups is 1. The molecule has 0 spiro atoms. The summed E-state index contributed by atoms with van der Waals surface area (Å²) in [6, 6.07) is 5.13. The number of carboxylic acid groups (broad SMARTS) is 1. The number of hydrogen-bond acceptors (Lipinski definition) is 3. The molecule has 14 heavy (non-hydrogen) atoms. The van der Waals surface area contributed by atoms with Crippen LogP contribution in [0.25, 0.3) is 11.0 Å². The van der Waals surface area contributed by atoms with Gasteiger partial charge in [-0.2, -0.15) is 0 Å². The Bertz CT molecular complexity index is 494. The molecule has 0 amide bonds. The summed E-state index contributed by atoms with van der Waals surface area (Å²) in [6.45, 7) is -0.187. The van der Waals surface area contributed by atoms with Gasteiger partial charge < -0.3 is 5.11 Å². The molecule has 0 unspecified atom stereocenters. The number of benzene rings is 1. The van der Waals surface area contributed by atoms with Gasteiger partial charge in [0.15, 0.2) is 0 Å². The topological polar surface area (TPSA) is 68.0 Å². The van der Waals surface area contributed by atoms with Gasteiger partial charge in [0, 0.05) is 4.90 Å². The molecule has 0 saturated carbocycles. The molecule has 0 atom stereocenters. The predicted molar refractivity (Wildman–Crippen MR) is 51.0 cm³/mol. The number of fused-ring (bicyclic) bond motifs is 1. The summed E-state index contributed by atoms with van der Waals surface area (Å²) in [5.41, 5.74) is 1.31. The lowest BCUT2D eigenvalue weighted by atomic mass is 10.3. The van der Waals surface area contributed by atoms with Crippen molar-refractivity contribution in [3.05, 3.63) is 18.2 Å². The van der Waals surface area contributed by atoms with Gasteiger partial charge in [-0.25, -0.2) is 4.68 Å². The van der Waals surface area contributed by atoms with E-state index < -0.39 is 5.97 Å². The van der Waals surface area contributed by atoms with E-state index in [1.54, 1.807) is 18.2 Å². The monoisotopic (exact) mass is 208 g/mol. The van der Waals surface area contributed by atoms with Gasteiger partial charge in [-0.05, 0) is 18.2 Å². The first-order valence-electron chi connectivity index (χ1n) is 3.89. The van der Waals surface area contributed by atoms with Crippen molar-refractivity contribution in [1.29, 1.82) is 0 Å². The van der Waals surface area contributed by atoms with Crippen LogP contribution in [0.1, 0.15) is 0 Å². The third kappa shape index (κ3) is 1.51. The molecule has 1 N–H and O–H groups in total. The van der Waals surface area contributed by atoms with Crippen molar-refractivity contribution in [3.63, 3.8) is 0 Å². The van der Waals surface area contributed by atoms with E-state index in [0.29, 0.717) is 15.9 Å². The highest BCUT2D eigenvalue weighted by atomic mass is 32.1. The Balaban J connectivity index is 2.52. The molecular weight excluding hydrogens is 202 g/mol. The van der Waals surface area contributed by atoms with Gasteiger partial charge in [0.05, 0.1) is 5.52 Å². The van der Waals surface area contributed by atoms with Gasteiger partial charge >= 0.3 is 5.97 Å². The lowest BCUT2D eigenvalue weighted by molar-refractivity contribution is -0.137. The molecule has 1 radical (unpaired) electrons. The zero-order chi connectivity index (χ0) is 10.1. The van der Waals surface area contributed by atoms with Crippen LogP contribution in [-0.2, 0) is 11.3 Å². The van der Waals surface area contributed by atoms with Gasteiger partial charge in [0.2, 0.25) is 0 Å². The molecule has 6 heteroatoms. The molecule has 2 aromatic rings. The second-order valence-corrected chi connectivity index (χ2v) is 3.26. The van der Waals surface area contributed by atoms with Crippen molar-refractivity contribution in [1.82, 2.24) is 15.0 Å². The van der Waals surface area contributed by atoms with E-state index in [9.17, 15) is 4.79 Å². The molecule has 71 valence electrons. The highest BCUT2D eigenvalue weighted by Gasteiger charge is 2.07. The van der Waals surface area contributed by atoms with E-state index in [1.807, 2.05) is 0 Å². The molecule has 0 bridgehead atoms. The van der Waals surface area contributed by atoms with Gasteiger partial charge in [0.25, 0.3) is 0 Å². The minimum atomic E-state index is -0.945. The second-order valence-electron chi connectivity index (χ2n) is 2.79. The number of aromatic nitrogens is 3. The van der Waals surface area contributed by atoms with Crippen molar-refractivity contribution in [2.24, 2.45) is 0 Å². The molecule has 2 rings (SSSR count). The fourth-order valence-corrected chi connectivity index (χ4v) is 1.38. The highest BCUT2D eigenvalue weighted by molar-refractivity contribution is 7.80. The molecule has 5 nitrogen and oxygen atoms in total. The van der Waals surface area contributed by atoms with Crippen LogP contribution in [0.4, 0.5) is 0 Å². The minimum absolute atomic E-state index is 0.187. The first-order valence-corrected chi connectivity index (χ1v) is 4.30. The van der Waals surface area contributed by atoms with E-state index in [2.05, 4.69) is 10.3 Å². The van der Waals surface area contributed by atoms with Gasteiger partial charge in [-0.3, -0.25) is 4.79 Å². The fraction of sp³-hybridized carbons (Fsp3) is 0.125. The van der Waals surface area contributed by atoms with Crippen LogP contribution < -0.4 is 0 Å². The van der Waals surface area contributed by atoms with Crippen LogP contribution in [0.5, 0.6) is 0 Å². The normalized spacial score (nSPS) is 10.6. The lowest BCUT2D eigenvalue weighted by Gasteiger charge is -1.96. The van der Waals surface area contributed by atoms with E-state index in [4.69, 9.17) is 17.7 Å². The van der Waals surface area contributed by atoms with Crippen molar-refractivity contribution in [2.45, 2.75) is 11.4 Å². The summed E-state index contributed by atoms with van der Waals surface area (Å²) in [7, 11) is 0. The zero-order valence-electron chi connectivity index (χ0n) is 7.04. The summed E-state index contributed by atoms with van der Waals surface area (Å²) in [4.78, 5) is 11.1. The van der Waals surface area contributed by atoms with Crippen molar-refractivity contribution in [3.8, 4) is 0 Å². The smallest absolute Gasteiger partial charge is 0.325 e. The maximum absolute atomic E-state index is 10.5. The Morgan fingerprint density at radius 3 is 3.07 bits per heavy atom. The summed E-state index contributed by atoms with van der Waals surface area (Å²) in [6.07, 6.45) is 0. The molecule has 0 fully saturated rings. The molecular formula is C8H6N3O2S. The molecule has 1 heterocycles. The Morgan fingerprint density at radius 2 is 2.36 bits per heavy atom. The molecule has 1 aromatic heterocycles. The van der Waals surface area contributed by atoms with Gasteiger partial charge in [-0.15, -0.1) is 5.10 Å². The van der Waals surface area contributed by atoms with Crippen LogP contribution in [0, 0.1) is 0 Å². The number of hydrogen-bond donors (Lipinski definition) is 1. The second kappa shape index (κ2) is 3.22. The molecule has 0 aliphatic rings. The number of carboxylic acids is 1. The zero-order valence-corrected chi connectivity index (χ0v) is 7.86. The average Bonchev–Trinajstić information content (AvgIpc) is 2.47. The van der Waals surface area contributed by atoms with Gasteiger partial charge in [-0.1, -0.05) is 17.8 Å². The maximum atomic E-state index is 10.5. The number of aliphatic carboxylic acids is 1. The molecule has 0 aliphatic carbocycles. The third-order valence-electron chi connectivity index (χ3n) is 1.77. The minimum Gasteiger partial charge on any atom is -0.480 e.